The lowest BCUT2D eigenvalue weighted by Crippen LogP contribution is -2.51. The van der Waals surface area contributed by atoms with Crippen molar-refractivity contribution in [3.63, 3.8) is 0 Å². The summed E-state index contributed by atoms with van der Waals surface area (Å²) in [7, 11) is 0. The number of halogens is 1. The van der Waals surface area contributed by atoms with Crippen LogP contribution in [0.3, 0.4) is 0 Å². The molecule has 1 aromatic heterocycles. The fourth-order valence-corrected chi connectivity index (χ4v) is 4.25. The molecule has 1 N–H and O–H groups in total. The molecule has 1 saturated carbocycles. The summed E-state index contributed by atoms with van der Waals surface area (Å²) < 4.78 is 15.3. The van der Waals surface area contributed by atoms with Gasteiger partial charge < -0.3 is 9.88 Å². The molecule has 3 aromatic rings. The van der Waals surface area contributed by atoms with Gasteiger partial charge in [-0.05, 0) is 55.3 Å². The zero-order chi connectivity index (χ0) is 18.9. The molecule has 0 radical (unpaired) electrons. The van der Waals surface area contributed by atoms with Crippen molar-refractivity contribution >= 4 is 28.7 Å². The number of aromatic nitrogens is 2. The van der Waals surface area contributed by atoms with Gasteiger partial charge in [0.1, 0.15) is 18.2 Å². The summed E-state index contributed by atoms with van der Waals surface area (Å²) in [6.45, 7) is 0.235. The van der Waals surface area contributed by atoms with Crippen LogP contribution in [0.25, 0.3) is 11.0 Å². The Morgan fingerprint density at radius 1 is 1.22 bits per heavy atom. The molecule has 0 aliphatic heterocycles. The molecule has 27 heavy (non-hydrogen) atoms. The molecule has 4 nitrogen and oxygen atoms in total. The number of fused-ring (bicyclic) bond motifs is 1. The highest BCUT2D eigenvalue weighted by Crippen LogP contribution is 2.41. The fraction of sp³-hybridized carbons (Fsp3) is 0.333. The molecule has 0 saturated heterocycles. The molecule has 4 rings (SSSR count). The second-order valence-corrected chi connectivity index (χ2v) is 7.89. The van der Waals surface area contributed by atoms with Crippen molar-refractivity contribution < 1.29 is 9.18 Å². The van der Waals surface area contributed by atoms with Gasteiger partial charge in [-0.2, -0.15) is 11.8 Å². The van der Waals surface area contributed by atoms with Crippen molar-refractivity contribution in [1.29, 1.82) is 0 Å². The van der Waals surface area contributed by atoms with Crippen molar-refractivity contribution in [2.75, 3.05) is 6.26 Å². The third-order valence-corrected chi connectivity index (χ3v) is 5.84. The van der Waals surface area contributed by atoms with Crippen LogP contribution in [0.15, 0.2) is 48.5 Å². The number of hydrogen-bond acceptors (Lipinski definition) is 3. The minimum atomic E-state index is -0.374. The molecular formula is C21H22FN3OS. The SMILES string of the molecule is CSCc1nc2ccccc2n1CC(=O)NC1(c2ccc(F)cc2)CCC1. The van der Waals surface area contributed by atoms with E-state index in [1.165, 1.54) is 12.1 Å². The lowest BCUT2D eigenvalue weighted by Gasteiger charge is -2.43. The summed E-state index contributed by atoms with van der Waals surface area (Å²) >= 11 is 1.69. The minimum absolute atomic E-state index is 0.0375. The Labute approximate surface area is 162 Å². The zero-order valence-corrected chi connectivity index (χ0v) is 16.1. The number of benzene rings is 2. The minimum Gasteiger partial charge on any atom is -0.345 e. The largest absolute Gasteiger partial charge is 0.345 e. The average molecular weight is 383 g/mol. The maximum Gasteiger partial charge on any atom is 0.240 e. The number of amides is 1. The smallest absolute Gasteiger partial charge is 0.240 e. The van der Waals surface area contributed by atoms with Crippen LogP contribution in [0.4, 0.5) is 4.39 Å². The molecular weight excluding hydrogens is 361 g/mol. The standard InChI is InChI=1S/C21H22FN3OS/c1-27-14-19-23-17-5-2-3-6-18(17)25(19)13-20(26)24-21(11-4-12-21)15-7-9-16(22)10-8-15/h2-3,5-10H,4,11-14H2,1H3,(H,24,26). The van der Waals surface area contributed by atoms with E-state index in [9.17, 15) is 9.18 Å². The van der Waals surface area contributed by atoms with E-state index in [2.05, 4.69) is 10.3 Å². The molecule has 0 atom stereocenters. The lowest BCUT2D eigenvalue weighted by molar-refractivity contribution is -0.124. The molecule has 1 fully saturated rings. The van der Waals surface area contributed by atoms with Gasteiger partial charge in [0, 0.05) is 0 Å². The number of hydrogen-bond donors (Lipinski definition) is 1. The number of carbonyl (C=O) groups excluding carboxylic acids is 1. The van der Waals surface area contributed by atoms with Crippen molar-refractivity contribution in [2.24, 2.45) is 0 Å². The Bertz CT molecular complexity index is 963. The topological polar surface area (TPSA) is 46.9 Å². The molecule has 140 valence electrons. The molecule has 1 heterocycles. The monoisotopic (exact) mass is 383 g/mol. The highest BCUT2D eigenvalue weighted by Gasteiger charge is 2.40. The van der Waals surface area contributed by atoms with Crippen LogP contribution < -0.4 is 5.32 Å². The van der Waals surface area contributed by atoms with Gasteiger partial charge in [0.25, 0.3) is 0 Å². The Hall–Kier alpha value is -2.34. The van der Waals surface area contributed by atoms with Gasteiger partial charge in [0.2, 0.25) is 5.91 Å². The van der Waals surface area contributed by atoms with Crippen molar-refractivity contribution in [3.8, 4) is 0 Å². The molecule has 1 aliphatic rings. The van der Waals surface area contributed by atoms with Crippen molar-refractivity contribution in [3.05, 3.63) is 65.7 Å². The Balaban J connectivity index is 1.58. The van der Waals surface area contributed by atoms with E-state index in [1.54, 1.807) is 23.9 Å². The van der Waals surface area contributed by atoms with Crippen LogP contribution in [-0.4, -0.2) is 21.7 Å². The second-order valence-electron chi connectivity index (χ2n) is 7.03. The van der Waals surface area contributed by atoms with Crippen LogP contribution in [0.1, 0.15) is 30.7 Å². The number of carbonyl (C=O) groups is 1. The van der Waals surface area contributed by atoms with Gasteiger partial charge in [-0.3, -0.25) is 4.79 Å². The summed E-state index contributed by atoms with van der Waals surface area (Å²) in [6, 6.07) is 14.4. The zero-order valence-electron chi connectivity index (χ0n) is 15.2. The first-order valence-electron chi connectivity index (χ1n) is 9.11. The summed E-state index contributed by atoms with van der Waals surface area (Å²) in [6.07, 6.45) is 4.85. The van der Waals surface area contributed by atoms with Crippen LogP contribution in [0.5, 0.6) is 0 Å². The van der Waals surface area contributed by atoms with E-state index in [0.717, 1.165) is 47.4 Å². The van der Waals surface area contributed by atoms with Crippen molar-refractivity contribution in [1.82, 2.24) is 14.9 Å². The van der Waals surface area contributed by atoms with Gasteiger partial charge in [-0.25, -0.2) is 9.37 Å². The molecule has 0 spiro atoms. The Kier molecular flexibility index (Phi) is 4.91. The number of imidazole rings is 1. The van der Waals surface area contributed by atoms with E-state index < -0.39 is 0 Å². The number of nitrogens with zero attached hydrogens (tertiary/aromatic N) is 2. The molecule has 1 amide bonds. The maximum absolute atomic E-state index is 13.3. The first-order chi connectivity index (χ1) is 13.1. The molecule has 0 unspecified atom stereocenters. The normalized spacial score (nSPS) is 15.5. The second kappa shape index (κ2) is 7.35. The lowest BCUT2D eigenvalue weighted by atomic mass is 9.72. The van der Waals surface area contributed by atoms with Crippen LogP contribution in [0.2, 0.25) is 0 Å². The third-order valence-electron chi connectivity index (χ3n) is 5.29. The first-order valence-corrected chi connectivity index (χ1v) is 10.5. The molecule has 0 bridgehead atoms. The van der Waals surface area contributed by atoms with E-state index in [0.29, 0.717) is 0 Å². The summed E-state index contributed by atoms with van der Waals surface area (Å²) in [4.78, 5) is 17.6. The van der Waals surface area contributed by atoms with Crippen LogP contribution in [0, 0.1) is 5.82 Å². The summed E-state index contributed by atoms with van der Waals surface area (Å²) in [5.74, 6) is 1.37. The molecule has 1 aliphatic carbocycles. The van der Waals surface area contributed by atoms with E-state index in [4.69, 9.17) is 0 Å². The third kappa shape index (κ3) is 3.46. The van der Waals surface area contributed by atoms with Crippen LogP contribution >= 0.6 is 11.8 Å². The summed E-state index contributed by atoms with van der Waals surface area (Å²) in [5.41, 5.74) is 2.48. The number of para-hydroxylation sites is 2. The number of rotatable bonds is 6. The van der Waals surface area contributed by atoms with E-state index in [-0.39, 0.29) is 23.8 Å². The Morgan fingerprint density at radius 2 is 1.96 bits per heavy atom. The Morgan fingerprint density at radius 3 is 2.63 bits per heavy atom. The van der Waals surface area contributed by atoms with Gasteiger partial charge in [0.15, 0.2) is 0 Å². The highest BCUT2D eigenvalue weighted by atomic mass is 32.2. The molecule has 6 heteroatoms. The fourth-order valence-electron chi connectivity index (χ4n) is 3.78. The average Bonchev–Trinajstić information content (AvgIpc) is 2.97. The van der Waals surface area contributed by atoms with Gasteiger partial charge in [-0.1, -0.05) is 24.3 Å². The summed E-state index contributed by atoms with van der Waals surface area (Å²) in [5, 5.41) is 3.22. The van der Waals surface area contributed by atoms with E-state index in [1.807, 2.05) is 35.1 Å². The maximum atomic E-state index is 13.3. The first kappa shape index (κ1) is 18.0. The van der Waals surface area contributed by atoms with Gasteiger partial charge >= 0.3 is 0 Å². The predicted molar refractivity (Wildman–Crippen MR) is 107 cm³/mol. The molecule has 2 aromatic carbocycles. The highest BCUT2D eigenvalue weighted by molar-refractivity contribution is 7.97. The van der Waals surface area contributed by atoms with Gasteiger partial charge in [-0.15, -0.1) is 0 Å². The van der Waals surface area contributed by atoms with Gasteiger partial charge in [0.05, 0.1) is 22.3 Å². The predicted octanol–water partition coefficient (Wildman–Crippen LogP) is 4.23. The van der Waals surface area contributed by atoms with Crippen LogP contribution in [-0.2, 0) is 22.6 Å². The number of thioether (sulfide) groups is 1. The van der Waals surface area contributed by atoms with Crippen molar-refractivity contribution in [2.45, 2.75) is 37.1 Å². The number of nitrogens with one attached hydrogen (secondary N) is 1. The quantitative estimate of drug-likeness (QED) is 0.693. The van der Waals surface area contributed by atoms with E-state index >= 15 is 0 Å².